The molecule has 2 rings (SSSR count). The van der Waals surface area contributed by atoms with Gasteiger partial charge in [0.2, 0.25) is 5.76 Å². The molecule has 0 unspecified atom stereocenters. The van der Waals surface area contributed by atoms with Gasteiger partial charge in [-0.2, -0.15) is 0 Å². The SMILES string of the molecule is CN(Cc1ccoc1C(=O)O)CC1CC(O)C1. The van der Waals surface area contributed by atoms with Crippen molar-refractivity contribution in [2.45, 2.75) is 25.5 Å². The van der Waals surface area contributed by atoms with Crippen molar-refractivity contribution in [3.05, 3.63) is 23.7 Å². The predicted molar refractivity (Wildman–Crippen MR) is 60.7 cm³/mol. The maximum Gasteiger partial charge on any atom is 0.372 e. The van der Waals surface area contributed by atoms with Crippen molar-refractivity contribution in [3.8, 4) is 0 Å². The van der Waals surface area contributed by atoms with E-state index in [1.165, 1.54) is 6.26 Å². The molecule has 0 aliphatic heterocycles. The summed E-state index contributed by atoms with van der Waals surface area (Å²) in [5.74, 6) is -0.488. The van der Waals surface area contributed by atoms with Crippen molar-refractivity contribution in [2.75, 3.05) is 13.6 Å². The minimum Gasteiger partial charge on any atom is -0.475 e. The smallest absolute Gasteiger partial charge is 0.372 e. The second-order valence-corrected chi connectivity index (χ2v) is 4.77. The van der Waals surface area contributed by atoms with E-state index >= 15 is 0 Å². The number of carbonyl (C=O) groups is 1. The Morgan fingerprint density at radius 1 is 1.59 bits per heavy atom. The van der Waals surface area contributed by atoms with Gasteiger partial charge in [-0.25, -0.2) is 4.79 Å². The van der Waals surface area contributed by atoms with Gasteiger partial charge in [-0.3, -0.25) is 0 Å². The Balaban J connectivity index is 1.87. The molecule has 1 heterocycles. The van der Waals surface area contributed by atoms with Crippen LogP contribution in [0.2, 0.25) is 0 Å². The molecule has 5 nitrogen and oxygen atoms in total. The minimum atomic E-state index is -1.03. The molecule has 1 aliphatic rings. The number of nitrogens with zero attached hydrogens (tertiary/aromatic N) is 1. The summed E-state index contributed by atoms with van der Waals surface area (Å²) < 4.78 is 4.92. The number of carboxylic acid groups (broad SMARTS) is 1. The third kappa shape index (κ3) is 2.87. The molecule has 0 spiro atoms. The molecule has 94 valence electrons. The summed E-state index contributed by atoms with van der Waals surface area (Å²) in [5, 5.41) is 18.1. The van der Waals surface area contributed by atoms with Gasteiger partial charge in [0.15, 0.2) is 0 Å². The van der Waals surface area contributed by atoms with Crippen LogP contribution in [0.3, 0.4) is 0 Å². The van der Waals surface area contributed by atoms with E-state index in [2.05, 4.69) is 4.90 Å². The number of aliphatic hydroxyl groups is 1. The lowest BCUT2D eigenvalue weighted by molar-refractivity contribution is 0.0273. The average Bonchev–Trinajstić information content (AvgIpc) is 2.63. The van der Waals surface area contributed by atoms with E-state index in [0.29, 0.717) is 18.0 Å². The Kier molecular flexibility index (Phi) is 3.49. The van der Waals surface area contributed by atoms with E-state index in [-0.39, 0.29) is 11.9 Å². The van der Waals surface area contributed by atoms with Crippen molar-refractivity contribution < 1.29 is 19.4 Å². The summed E-state index contributed by atoms with van der Waals surface area (Å²) >= 11 is 0. The molecule has 1 aromatic heterocycles. The molecule has 1 aromatic rings. The number of aliphatic hydroxyl groups excluding tert-OH is 1. The third-order valence-electron chi connectivity index (χ3n) is 3.16. The molecule has 1 aliphatic carbocycles. The lowest BCUT2D eigenvalue weighted by Gasteiger charge is -2.34. The normalized spacial score (nSPS) is 23.7. The Hall–Kier alpha value is -1.33. The van der Waals surface area contributed by atoms with Gasteiger partial charge in [-0.1, -0.05) is 0 Å². The minimum absolute atomic E-state index is 0.0190. The van der Waals surface area contributed by atoms with E-state index < -0.39 is 5.97 Å². The van der Waals surface area contributed by atoms with Gasteiger partial charge >= 0.3 is 5.97 Å². The second kappa shape index (κ2) is 4.89. The number of rotatable bonds is 5. The topological polar surface area (TPSA) is 73.9 Å². The van der Waals surface area contributed by atoms with Gasteiger partial charge in [0.25, 0.3) is 0 Å². The van der Waals surface area contributed by atoms with Crippen LogP contribution >= 0.6 is 0 Å². The average molecular weight is 239 g/mol. The molecule has 5 heteroatoms. The van der Waals surface area contributed by atoms with Gasteiger partial charge < -0.3 is 19.5 Å². The fraction of sp³-hybridized carbons (Fsp3) is 0.583. The molecule has 1 fully saturated rings. The maximum atomic E-state index is 10.9. The number of aromatic carboxylic acids is 1. The van der Waals surface area contributed by atoms with Crippen LogP contribution in [-0.4, -0.2) is 40.8 Å². The fourth-order valence-corrected chi connectivity index (χ4v) is 2.29. The summed E-state index contributed by atoms with van der Waals surface area (Å²) in [6, 6.07) is 1.69. The second-order valence-electron chi connectivity index (χ2n) is 4.77. The molecule has 17 heavy (non-hydrogen) atoms. The Morgan fingerprint density at radius 2 is 2.29 bits per heavy atom. The van der Waals surface area contributed by atoms with Gasteiger partial charge in [-0.15, -0.1) is 0 Å². The van der Waals surface area contributed by atoms with Crippen molar-refractivity contribution in [1.29, 1.82) is 0 Å². The van der Waals surface area contributed by atoms with E-state index in [0.717, 1.165) is 19.4 Å². The van der Waals surface area contributed by atoms with E-state index in [4.69, 9.17) is 9.52 Å². The molecule has 0 bridgehead atoms. The number of furan rings is 1. The molecule has 0 radical (unpaired) electrons. The van der Waals surface area contributed by atoms with Crippen LogP contribution < -0.4 is 0 Å². The van der Waals surface area contributed by atoms with Gasteiger partial charge in [0, 0.05) is 18.7 Å². The van der Waals surface area contributed by atoms with E-state index in [1.807, 2.05) is 7.05 Å². The first-order valence-corrected chi connectivity index (χ1v) is 5.72. The predicted octanol–water partition coefficient (Wildman–Crippen LogP) is 1.18. The third-order valence-corrected chi connectivity index (χ3v) is 3.16. The first kappa shape index (κ1) is 12.1. The molecular formula is C12H17NO4. The van der Waals surface area contributed by atoms with Crippen molar-refractivity contribution in [2.24, 2.45) is 5.92 Å². The van der Waals surface area contributed by atoms with Crippen LogP contribution in [-0.2, 0) is 6.54 Å². The highest BCUT2D eigenvalue weighted by molar-refractivity contribution is 5.86. The van der Waals surface area contributed by atoms with Crippen molar-refractivity contribution in [1.82, 2.24) is 4.90 Å². The molecule has 0 aromatic carbocycles. The number of carboxylic acids is 1. The summed E-state index contributed by atoms with van der Waals surface area (Å²) in [6.45, 7) is 1.44. The Bertz CT molecular complexity index is 395. The van der Waals surface area contributed by atoms with Crippen molar-refractivity contribution >= 4 is 5.97 Å². The first-order chi connectivity index (χ1) is 8.06. The molecule has 0 amide bonds. The van der Waals surface area contributed by atoms with Gasteiger partial charge in [0.05, 0.1) is 12.4 Å². The maximum absolute atomic E-state index is 10.9. The molecule has 0 atom stereocenters. The fourth-order valence-electron chi connectivity index (χ4n) is 2.29. The quantitative estimate of drug-likeness (QED) is 0.807. The lowest BCUT2D eigenvalue weighted by atomic mass is 9.82. The number of hydrogen-bond donors (Lipinski definition) is 2. The number of hydrogen-bond acceptors (Lipinski definition) is 4. The van der Waals surface area contributed by atoms with Gasteiger partial charge in [0.1, 0.15) is 0 Å². The van der Waals surface area contributed by atoms with Crippen LogP contribution in [0, 0.1) is 5.92 Å². The van der Waals surface area contributed by atoms with Crippen LogP contribution in [0.5, 0.6) is 0 Å². The lowest BCUT2D eigenvalue weighted by Crippen LogP contribution is -2.36. The highest BCUT2D eigenvalue weighted by Gasteiger charge is 2.28. The van der Waals surface area contributed by atoms with Crippen LogP contribution in [0.15, 0.2) is 16.7 Å². The summed E-state index contributed by atoms with van der Waals surface area (Å²) in [6.07, 6.45) is 2.96. The molecule has 1 saturated carbocycles. The zero-order valence-electron chi connectivity index (χ0n) is 9.80. The monoisotopic (exact) mass is 239 g/mol. The summed E-state index contributed by atoms with van der Waals surface area (Å²) in [7, 11) is 1.95. The zero-order valence-corrected chi connectivity index (χ0v) is 9.80. The Labute approximate surface area is 99.6 Å². The largest absolute Gasteiger partial charge is 0.475 e. The molecule has 0 saturated heterocycles. The van der Waals surface area contributed by atoms with E-state index in [1.54, 1.807) is 6.07 Å². The summed E-state index contributed by atoms with van der Waals surface area (Å²) in [5.41, 5.74) is 0.694. The Morgan fingerprint density at radius 3 is 2.88 bits per heavy atom. The summed E-state index contributed by atoms with van der Waals surface area (Å²) in [4.78, 5) is 12.9. The standard InChI is InChI=1S/C12H17NO4/c1-13(6-8-4-10(14)5-8)7-9-2-3-17-11(9)12(15)16/h2-3,8,10,14H,4-7H2,1H3,(H,15,16). The molecule has 2 N–H and O–H groups in total. The highest BCUT2D eigenvalue weighted by atomic mass is 16.4. The first-order valence-electron chi connectivity index (χ1n) is 5.72. The van der Waals surface area contributed by atoms with Crippen molar-refractivity contribution in [3.63, 3.8) is 0 Å². The van der Waals surface area contributed by atoms with Crippen LogP contribution in [0.25, 0.3) is 0 Å². The molecular weight excluding hydrogens is 222 g/mol. The van der Waals surface area contributed by atoms with Crippen LogP contribution in [0.4, 0.5) is 0 Å². The zero-order chi connectivity index (χ0) is 12.4. The van der Waals surface area contributed by atoms with E-state index in [9.17, 15) is 9.90 Å². The van der Waals surface area contributed by atoms with Gasteiger partial charge in [-0.05, 0) is 31.9 Å². The highest BCUT2D eigenvalue weighted by Crippen LogP contribution is 2.28. The van der Waals surface area contributed by atoms with Crippen LogP contribution in [0.1, 0.15) is 29.0 Å².